The maximum atomic E-state index is 13.2. The summed E-state index contributed by atoms with van der Waals surface area (Å²) in [6.07, 6.45) is 3.18. The van der Waals surface area contributed by atoms with Gasteiger partial charge in [-0.2, -0.15) is 0 Å². The Hall–Kier alpha value is -1.08. The van der Waals surface area contributed by atoms with Gasteiger partial charge in [-0.3, -0.25) is 0 Å². The van der Waals surface area contributed by atoms with Gasteiger partial charge < -0.3 is 14.2 Å². The molecule has 1 saturated heterocycles. The number of carbonyl (C=O) groups excluding carboxylic acids is 1. The van der Waals surface area contributed by atoms with Crippen LogP contribution in [-0.2, 0) is 24.8 Å². The van der Waals surface area contributed by atoms with Gasteiger partial charge in [0, 0.05) is 22.4 Å². The summed E-state index contributed by atoms with van der Waals surface area (Å²) >= 11 is 7.68. The van der Waals surface area contributed by atoms with Gasteiger partial charge in [0.1, 0.15) is 5.82 Å². The van der Waals surface area contributed by atoms with E-state index in [1.54, 1.807) is 30.8 Å². The molecular weight excluding hydrogens is 367 g/mol. The van der Waals surface area contributed by atoms with Gasteiger partial charge in [-0.15, -0.1) is 11.8 Å². The number of halogens is 2. The highest BCUT2D eigenvalue weighted by Crippen LogP contribution is 2.40. The fraction of sp³-hybridized carbons (Fsp3) is 0.500. The van der Waals surface area contributed by atoms with E-state index in [0.717, 1.165) is 12.0 Å². The van der Waals surface area contributed by atoms with E-state index < -0.39 is 5.79 Å². The van der Waals surface area contributed by atoms with Crippen molar-refractivity contribution in [3.8, 4) is 0 Å². The molecule has 2 aliphatic rings. The minimum absolute atomic E-state index is 0.0430. The molecule has 4 nitrogen and oxygen atoms in total. The van der Waals surface area contributed by atoms with Crippen molar-refractivity contribution in [1.29, 1.82) is 0 Å². The van der Waals surface area contributed by atoms with Gasteiger partial charge in [0.05, 0.1) is 25.4 Å². The van der Waals surface area contributed by atoms with E-state index in [9.17, 15) is 9.18 Å². The van der Waals surface area contributed by atoms with Crippen molar-refractivity contribution >= 4 is 29.3 Å². The number of rotatable bonds is 5. The van der Waals surface area contributed by atoms with Crippen LogP contribution in [0.5, 0.6) is 0 Å². The molecule has 0 bridgehead atoms. The number of hydrogen-bond acceptors (Lipinski definition) is 5. The average molecular weight is 387 g/mol. The molecule has 1 aliphatic carbocycles. The summed E-state index contributed by atoms with van der Waals surface area (Å²) in [5.74, 6) is -0.925. The third-order valence-corrected chi connectivity index (χ3v) is 5.94. The van der Waals surface area contributed by atoms with Crippen LogP contribution in [0.3, 0.4) is 0 Å². The molecule has 136 valence electrons. The van der Waals surface area contributed by atoms with Crippen molar-refractivity contribution in [1.82, 2.24) is 0 Å². The lowest BCUT2D eigenvalue weighted by atomic mass is 9.94. The zero-order valence-corrected chi connectivity index (χ0v) is 15.5. The van der Waals surface area contributed by atoms with Crippen LogP contribution in [0.1, 0.15) is 25.3 Å². The van der Waals surface area contributed by atoms with Crippen molar-refractivity contribution in [2.75, 3.05) is 19.8 Å². The number of esters is 1. The number of carbonyl (C=O) groups is 1. The van der Waals surface area contributed by atoms with Crippen molar-refractivity contribution in [2.24, 2.45) is 0 Å². The summed E-state index contributed by atoms with van der Waals surface area (Å²) in [7, 11) is 0. The lowest BCUT2D eigenvalue weighted by Gasteiger charge is -2.33. The monoisotopic (exact) mass is 386 g/mol. The van der Waals surface area contributed by atoms with Gasteiger partial charge in [0.25, 0.3) is 0 Å². The van der Waals surface area contributed by atoms with Crippen LogP contribution >= 0.6 is 23.4 Å². The van der Waals surface area contributed by atoms with Crippen LogP contribution in [0.2, 0.25) is 5.02 Å². The molecule has 1 atom stereocenters. The van der Waals surface area contributed by atoms with E-state index in [2.05, 4.69) is 0 Å². The minimum Gasteiger partial charge on any atom is -0.463 e. The zero-order valence-electron chi connectivity index (χ0n) is 13.9. The first kappa shape index (κ1) is 18.7. The summed E-state index contributed by atoms with van der Waals surface area (Å²) in [5, 5.41) is 0.350. The Bertz CT molecular complexity index is 673. The Kier molecular flexibility index (Phi) is 6.04. The number of ether oxygens (including phenoxy) is 3. The van der Waals surface area contributed by atoms with Crippen LogP contribution in [-0.4, -0.2) is 36.8 Å². The van der Waals surface area contributed by atoms with E-state index >= 15 is 0 Å². The largest absolute Gasteiger partial charge is 0.463 e. The van der Waals surface area contributed by atoms with Crippen LogP contribution in [0.4, 0.5) is 4.39 Å². The summed E-state index contributed by atoms with van der Waals surface area (Å²) in [6.45, 7) is 3.14. The Labute approximate surface area is 155 Å². The summed E-state index contributed by atoms with van der Waals surface area (Å²) < 4.78 is 29.8. The zero-order chi connectivity index (χ0) is 17.9. The van der Waals surface area contributed by atoms with Crippen molar-refractivity contribution in [3.05, 3.63) is 46.3 Å². The Morgan fingerprint density at radius 1 is 1.44 bits per heavy atom. The van der Waals surface area contributed by atoms with Gasteiger partial charge >= 0.3 is 5.97 Å². The second kappa shape index (κ2) is 8.08. The summed E-state index contributed by atoms with van der Waals surface area (Å²) in [6, 6.07) is 4.36. The molecule has 1 aromatic rings. The summed E-state index contributed by atoms with van der Waals surface area (Å²) in [5.41, 5.74) is 1.41. The highest BCUT2D eigenvalue weighted by molar-refractivity contribution is 7.99. The van der Waals surface area contributed by atoms with E-state index in [-0.39, 0.29) is 17.0 Å². The topological polar surface area (TPSA) is 44.8 Å². The quantitative estimate of drug-likeness (QED) is 0.712. The normalized spacial score (nSPS) is 22.0. The first-order valence-corrected chi connectivity index (χ1v) is 9.69. The van der Waals surface area contributed by atoms with Crippen LogP contribution in [0.25, 0.3) is 0 Å². The molecule has 0 radical (unpaired) electrons. The third kappa shape index (κ3) is 4.37. The molecule has 7 heteroatoms. The maximum absolute atomic E-state index is 13.2. The Morgan fingerprint density at radius 2 is 2.20 bits per heavy atom. The SMILES string of the molecule is CCOC(=O)C1=CC2(CCC1SCc1ccc(F)cc1Cl)OCCO2. The standard InChI is InChI=1S/C18H20ClFO4S/c1-2-22-17(21)14-10-18(23-7-8-24-18)6-5-16(14)25-11-12-3-4-13(20)9-15(12)19/h3-4,9-10,16H,2,5-8,11H2,1H3. The lowest BCUT2D eigenvalue weighted by Crippen LogP contribution is -2.36. The van der Waals surface area contributed by atoms with E-state index in [1.165, 1.54) is 12.1 Å². The first-order chi connectivity index (χ1) is 12.0. The Morgan fingerprint density at radius 3 is 2.88 bits per heavy atom. The summed E-state index contributed by atoms with van der Waals surface area (Å²) in [4.78, 5) is 12.4. The molecule has 1 aromatic carbocycles. The molecule has 25 heavy (non-hydrogen) atoms. The van der Waals surface area contributed by atoms with Crippen LogP contribution in [0.15, 0.2) is 29.8 Å². The van der Waals surface area contributed by atoms with E-state index in [4.69, 9.17) is 25.8 Å². The second-order valence-corrected chi connectivity index (χ2v) is 7.50. The molecule has 0 saturated carbocycles. The second-order valence-electron chi connectivity index (χ2n) is 5.90. The molecule has 1 heterocycles. The van der Waals surface area contributed by atoms with Gasteiger partial charge in [-0.1, -0.05) is 17.7 Å². The van der Waals surface area contributed by atoms with Gasteiger partial charge in [-0.25, -0.2) is 9.18 Å². The first-order valence-electron chi connectivity index (χ1n) is 8.26. The van der Waals surface area contributed by atoms with Crippen LogP contribution in [0, 0.1) is 5.82 Å². The molecule has 0 aromatic heterocycles. The van der Waals surface area contributed by atoms with Crippen LogP contribution < -0.4 is 0 Å². The van der Waals surface area contributed by atoms with Gasteiger partial charge in [0.15, 0.2) is 5.79 Å². The molecule has 0 amide bonds. The fourth-order valence-electron chi connectivity index (χ4n) is 3.00. The highest BCUT2D eigenvalue weighted by Gasteiger charge is 2.42. The number of hydrogen-bond donors (Lipinski definition) is 0. The lowest BCUT2D eigenvalue weighted by molar-refractivity contribution is -0.142. The van der Waals surface area contributed by atoms with Gasteiger partial charge in [-0.05, 0) is 37.1 Å². The average Bonchev–Trinajstić information content (AvgIpc) is 3.03. The fourth-order valence-corrected chi connectivity index (χ4v) is 4.57. The van der Waals surface area contributed by atoms with E-state index in [0.29, 0.717) is 42.6 Å². The molecule has 1 spiro atoms. The molecule has 1 aliphatic heterocycles. The predicted octanol–water partition coefficient (Wildman–Crippen LogP) is 4.11. The molecular formula is C18H20ClFO4S. The minimum atomic E-state index is -0.799. The van der Waals surface area contributed by atoms with Crippen molar-refractivity contribution in [2.45, 2.75) is 36.6 Å². The van der Waals surface area contributed by atoms with E-state index in [1.807, 2.05) is 0 Å². The predicted molar refractivity (Wildman–Crippen MR) is 95.1 cm³/mol. The number of benzene rings is 1. The smallest absolute Gasteiger partial charge is 0.335 e. The maximum Gasteiger partial charge on any atom is 0.335 e. The third-order valence-electron chi connectivity index (χ3n) is 4.22. The number of thioether (sulfide) groups is 1. The molecule has 0 N–H and O–H groups in total. The molecule has 1 fully saturated rings. The Balaban J connectivity index is 1.75. The van der Waals surface area contributed by atoms with Crippen molar-refractivity contribution < 1.29 is 23.4 Å². The highest BCUT2D eigenvalue weighted by atomic mass is 35.5. The van der Waals surface area contributed by atoms with Gasteiger partial charge in [0.2, 0.25) is 0 Å². The van der Waals surface area contributed by atoms with Crippen molar-refractivity contribution in [3.63, 3.8) is 0 Å². The molecule has 3 rings (SSSR count). The molecule has 1 unspecified atom stereocenters.